The van der Waals surface area contributed by atoms with Gasteiger partial charge in [0, 0.05) is 35.4 Å². The predicted octanol–water partition coefficient (Wildman–Crippen LogP) is 5.56. The molecule has 1 aliphatic heterocycles. The minimum Gasteiger partial charge on any atom is -0.484 e. The lowest BCUT2D eigenvalue weighted by molar-refractivity contribution is -0.119. The zero-order valence-corrected chi connectivity index (χ0v) is 20.9. The topological polar surface area (TPSA) is 71.0 Å². The van der Waals surface area contributed by atoms with Gasteiger partial charge in [-0.2, -0.15) is 0 Å². The first-order chi connectivity index (χ1) is 15.4. The molecule has 0 radical (unpaired) electrons. The molecular formula is C27H38N2O4. The Hall–Kier alpha value is -2.73. The van der Waals surface area contributed by atoms with Crippen LogP contribution < -0.4 is 10.1 Å². The maximum absolute atomic E-state index is 13.4. The van der Waals surface area contributed by atoms with E-state index in [1.165, 1.54) is 0 Å². The summed E-state index contributed by atoms with van der Waals surface area (Å²) in [7, 11) is 0. The fourth-order valence-corrected chi connectivity index (χ4v) is 4.05. The molecule has 2 aromatic carbocycles. The Morgan fingerprint density at radius 1 is 1.18 bits per heavy atom. The van der Waals surface area contributed by atoms with Gasteiger partial charge in [-0.15, -0.1) is 0 Å². The summed E-state index contributed by atoms with van der Waals surface area (Å²) in [6.07, 6.45) is -1.56. The minimum atomic E-state index is -1.01. The standard InChI is InChI=1S/C27H38N2O4/c1-18(2)28-20-13-14-21-22(17-20)33-27(6,7)24(30)23(21)32-25(31)29(26(3,4)5)16-15-19-11-9-8-10-12-19/h8-14,17-18,23-24,28,30H,15-16H2,1-7H3/t23-,24+/m0/s1. The van der Waals surface area contributed by atoms with Gasteiger partial charge in [-0.05, 0) is 72.6 Å². The van der Waals surface area contributed by atoms with E-state index < -0.39 is 29.4 Å². The third kappa shape index (κ3) is 5.99. The maximum atomic E-state index is 13.4. The van der Waals surface area contributed by atoms with Crippen LogP contribution in [0.1, 0.15) is 65.7 Å². The number of rotatable bonds is 6. The van der Waals surface area contributed by atoms with Gasteiger partial charge in [0.2, 0.25) is 0 Å². The molecule has 0 fully saturated rings. The fraction of sp³-hybridized carbons (Fsp3) is 0.519. The summed E-state index contributed by atoms with van der Waals surface area (Å²) in [4.78, 5) is 15.1. The molecule has 1 aliphatic rings. The van der Waals surface area contributed by atoms with Gasteiger partial charge in [0.1, 0.15) is 17.5 Å². The van der Waals surface area contributed by atoms with E-state index in [1.807, 2.05) is 57.2 Å². The summed E-state index contributed by atoms with van der Waals surface area (Å²) in [5.41, 5.74) is 1.39. The van der Waals surface area contributed by atoms with Crippen LogP contribution in [0.4, 0.5) is 10.5 Å². The van der Waals surface area contributed by atoms with E-state index in [-0.39, 0.29) is 6.04 Å². The van der Waals surface area contributed by atoms with E-state index in [9.17, 15) is 9.90 Å². The molecule has 1 amide bonds. The smallest absolute Gasteiger partial charge is 0.410 e. The number of nitrogens with zero attached hydrogens (tertiary/aromatic N) is 1. The number of ether oxygens (including phenoxy) is 2. The molecule has 2 N–H and O–H groups in total. The molecule has 0 aromatic heterocycles. The summed E-state index contributed by atoms with van der Waals surface area (Å²) < 4.78 is 12.1. The number of carbonyl (C=O) groups is 1. The number of hydrogen-bond acceptors (Lipinski definition) is 5. The Bertz CT molecular complexity index is 950. The summed E-state index contributed by atoms with van der Waals surface area (Å²) in [5, 5.41) is 14.4. The monoisotopic (exact) mass is 454 g/mol. The second kappa shape index (κ2) is 9.64. The molecule has 2 atom stereocenters. The highest BCUT2D eigenvalue weighted by Gasteiger charge is 2.46. The summed E-state index contributed by atoms with van der Waals surface area (Å²) in [6, 6.07) is 16.0. The zero-order valence-electron chi connectivity index (χ0n) is 20.9. The number of amides is 1. The SMILES string of the molecule is CC(C)Nc1ccc2c(c1)OC(C)(C)[C@H](O)[C@H]2OC(=O)N(CCc1ccccc1)C(C)(C)C. The normalized spacial score (nSPS) is 19.4. The van der Waals surface area contributed by atoms with Gasteiger partial charge >= 0.3 is 6.09 Å². The van der Waals surface area contributed by atoms with E-state index in [4.69, 9.17) is 9.47 Å². The number of aliphatic hydroxyl groups is 1. The summed E-state index contributed by atoms with van der Waals surface area (Å²) >= 11 is 0. The largest absolute Gasteiger partial charge is 0.484 e. The van der Waals surface area contributed by atoms with Crippen molar-refractivity contribution >= 4 is 11.8 Å². The highest BCUT2D eigenvalue weighted by Crippen LogP contribution is 2.43. The lowest BCUT2D eigenvalue weighted by atomic mass is 9.88. The predicted molar refractivity (Wildman–Crippen MR) is 132 cm³/mol. The average molecular weight is 455 g/mol. The van der Waals surface area contributed by atoms with Gasteiger partial charge in [0.05, 0.1) is 0 Å². The van der Waals surface area contributed by atoms with Crippen molar-refractivity contribution in [3.8, 4) is 5.75 Å². The van der Waals surface area contributed by atoms with Crippen molar-refractivity contribution in [2.45, 2.75) is 84.3 Å². The number of fused-ring (bicyclic) bond motifs is 1. The van der Waals surface area contributed by atoms with Gasteiger partial charge in [-0.1, -0.05) is 30.3 Å². The van der Waals surface area contributed by atoms with Crippen LogP contribution in [0, 0.1) is 0 Å². The van der Waals surface area contributed by atoms with Crippen molar-refractivity contribution in [1.29, 1.82) is 0 Å². The number of anilines is 1. The van der Waals surface area contributed by atoms with E-state index in [0.29, 0.717) is 17.9 Å². The molecule has 180 valence electrons. The Kier molecular flexibility index (Phi) is 7.27. The molecular weight excluding hydrogens is 416 g/mol. The van der Waals surface area contributed by atoms with Gasteiger partial charge < -0.3 is 24.8 Å². The van der Waals surface area contributed by atoms with E-state index in [2.05, 4.69) is 31.3 Å². The van der Waals surface area contributed by atoms with Gasteiger partial charge in [0.25, 0.3) is 0 Å². The molecule has 1 heterocycles. The average Bonchev–Trinajstić information content (AvgIpc) is 2.70. The number of aliphatic hydroxyl groups excluding tert-OH is 1. The number of benzene rings is 2. The second-order valence-corrected chi connectivity index (χ2v) is 10.6. The minimum absolute atomic E-state index is 0.267. The van der Waals surface area contributed by atoms with Crippen molar-refractivity contribution < 1.29 is 19.4 Å². The maximum Gasteiger partial charge on any atom is 0.410 e. The Balaban J connectivity index is 1.85. The van der Waals surface area contributed by atoms with Crippen LogP contribution in [-0.4, -0.2) is 45.9 Å². The zero-order chi connectivity index (χ0) is 24.4. The lowest BCUT2D eigenvalue weighted by Gasteiger charge is -2.43. The highest BCUT2D eigenvalue weighted by atomic mass is 16.6. The van der Waals surface area contributed by atoms with E-state index in [0.717, 1.165) is 17.7 Å². The Morgan fingerprint density at radius 2 is 1.85 bits per heavy atom. The van der Waals surface area contributed by atoms with Gasteiger partial charge in [-0.3, -0.25) is 0 Å². The summed E-state index contributed by atoms with van der Waals surface area (Å²) in [5.74, 6) is 0.611. The van der Waals surface area contributed by atoms with Crippen molar-refractivity contribution in [1.82, 2.24) is 4.90 Å². The van der Waals surface area contributed by atoms with Crippen LogP contribution in [0.15, 0.2) is 48.5 Å². The second-order valence-electron chi connectivity index (χ2n) is 10.6. The molecule has 6 nitrogen and oxygen atoms in total. The van der Waals surface area contributed by atoms with Crippen molar-refractivity contribution in [2.75, 3.05) is 11.9 Å². The first kappa shape index (κ1) is 24.9. The fourth-order valence-electron chi connectivity index (χ4n) is 4.05. The molecule has 0 saturated carbocycles. The van der Waals surface area contributed by atoms with Crippen molar-refractivity contribution in [3.63, 3.8) is 0 Å². The number of carbonyl (C=O) groups excluding carboxylic acids is 1. The first-order valence-electron chi connectivity index (χ1n) is 11.7. The van der Waals surface area contributed by atoms with E-state index in [1.54, 1.807) is 18.7 Å². The van der Waals surface area contributed by atoms with Crippen LogP contribution in [0.5, 0.6) is 5.75 Å². The molecule has 6 heteroatoms. The summed E-state index contributed by atoms with van der Waals surface area (Å²) in [6.45, 7) is 14.2. The molecule has 0 spiro atoms. The molecule has 0 bridgehead atoms. The Morgan fingerprint density at radius 3 is 2.45 bits per heavy atom. The molecule has 2 aromatic rings. The van der Waals surface area contributed by atoms with Crippen molar-refractivity contribution in [2.24, 2.45) is 0 Å². The highest BCUT2D eigenvalue weighted by molar-refractivity contribution is 5.69. The molecule has 33 heavy (non-hydrogen) atoms. The van der Waals surface area contributed by atoms with Crippen LogP contribution in [0.25, 0.3) is 0 Å². The molecule has 3 rings (SSSR count). The van der Waals surface area contributed by atoms with Gasteiger partial charge in [-0.25, -0.2) is 4.79 Å². The molecule has 0 aliphatic carbocycles. The number of hydrogen-bond donors (Lipinski definition) is 2. The lowest BCUT2D eigenvalue weighted by Crippen LogP contribution is -2.52. The van der Waals surface area contributed by atoms with Gasteiger partial charge in [0.15, 0.2) is 6.10 Å². The van der Waals surface area contributed by atoms with Crippen molar-refractivity contribution in [3.05, 3.63) is 59.7 Å². The molecule has 0 saturated heterocycles. The Labute approximate surface area is 197 Å². The third-order valence-corrected chi connectivity index (χ3v) is 5.87. The number of nitrogens with one attached hydrogen (secondary N) is 1. The van der Waals surface area contributed by atoms with Crippen LogP contribution in [0.2, 0.25) is 0 Å². The third-order valence-electron chi connectivity index (χ3n) is 5.87. The van der Waals surface area contributed by atoms with Crippen LogP contribution in [-0.2, 0) is 11.2 Å². The first-order valence-corrected chi connectivity index (χ1v) is 11.7. The van der Waals surface area contributed by atoms with Crippen LogP contribution in [0.3, 0.4) is 0 Å². The molecule has 0 unspecified atom stereocenters. The van der Waals surface area contributed by atoms with E-state index >= 15 is 0 Å². The van der Waals surface area contributed by atoms with Crippen LogP contribution >= 0.6 is 0 Å². The quantitative estimate of drug-likeness (QED) is 0.598.